The van der Waals surface area contributed by atoms with Gasteiger partial charge in [-0.1, -0.05) is 29.3 Å². The van der Waals surface area contributed by atoms with Gasteiger partial charge >= 0.3 is 0 Å². The second-order valence-corrected chi connectivity index (χ2v) is 7.65. The minimum atomic E-state index is -1.18. The lowest BCUT2D eigenvalue weighted by Crippen LogP contribution is -2.45. The van der Waals surface area contributed by atoms with Gasteiger partial charge in [0, 0.05) is 18.5 Å². The van der Waals surface area contributed by atoms with Crippen molar-refractivity contribution in [2.45, 2.75) is 44.2 Å². The van der Waals surface area contributed by atoms with Crippen molar-refractivity contribution < 1.29 is 4.39 Å². The molecule has 0 aromatic heterocycles. The molecule has 1 aromatic rings. The predicted octanol–water partition coefficient (Wildman–Crippen LogP) is 4.34. The second-order valence-electron chi connectivity index (χ2n) is 6.84. The van der Waals surface area contributed by atoms with Gasteiger partial charge in [0.25, 0.3) is 0 Å². The van der Waals surface area contributed by atoms with Crippen LogP contribution >= 0.6 is 23.2 Å². The van der Waals surface area contributed by atoms with Gasteiger partial charge < -0.3 is 10.6 Å². The number of rotatable bonds is 6. The van der Waals surface area contributed by atoms with Crippen molar-refractivity contribution in [1.82, 2.24) is 10.6 Å². The van der Waals surface area contributed by atoms with Crippen LogP contribution < -0.4 is 10.6 Å². The number of alkyl halides is 1. The molecule has 0 radical (unpaired) electrons. The summed E-state index contributed by atoms with van der Waals surface area (Å²) in [5, 5.41) is 7.90. The van der Waals surface area contributed by atoms with Crippen LogP contribution in [0.25, 0.3) is 0 Å². The monoisotopic (exact) mass is 346 g/mol. The quantitative estimate of drug-likeness (QED) is 0.748. The third-order valence-corrected chi connectivity index (χ3v) is 5.07. The molecule has 22 heavy (non-hydrogen) atoms. The van der Waals surface area contributed by atoms with E-state index < -0.39 is 5.67 Å². The minimum Gasteiger partial charge on any atom is -0.316 e. The van der Waals surface area contributed by atoms with Crippen molar-refractivity contribution in [1.29, 1.82) is 0 Å². The number of hydrogen-bond donors (Lipinski definition) is 2. The molecule has 2 N–H and O–H groups in total. The van der Waals surface area contributed by atoms with Gasteiger partial charge in [-0.25, -0.2) is 4.39 Å². The van der Waals surface area contributed by atoms with Gasteiger partial charge in [0.1, 0.15) is 5.67 Å². The van der Waals surface area contributed by atoms with E-state index in [9.17, 15) is 4.39 Å². The number of piperidine rings is 1. The van der Waals surface area contributed by atoms with Crippen LogP contribution in [0.3, 0.4) is 0 Å². The molecular formula is C17H25Cl2FN2. The first-order valence-corrected chi connectivity index (χ1v) is 8.64. The van der Waals surface area contributed by atoms with E-state index in [4.69, 9.17) is 23.2 Å². The molecule has 1 saturated heterocycles. The highest BCUT2D eigenvalue weighted by Gasteiger charge is 2.34. The Balaban J connectivity index is 2.08. The Labute approximate surface area is 142 Å². The van der Waals surface area contributed by atoms with Crippen LogP contribution in [0.15, 0.2) is 18.2 Å². The van der Waals surface area contributed by atoms with Crippen LogP contribution in [-0.2, 0) is 5.41 Å². The van der Waals surface area contributed by atoms with Crippen LogP contribution in [-0.4, -0.2) is 31.8 Å². The minimum absolute atomic E-state index is 0.0416. The van der Waals surface area contributed by atoms with Crippen LogP contribution in [0.4, 0.5) is 4.39 Å². The van der Waals surface area contributed by atoms with E-state index in [1.165, 1.54) is 5.56 Å². The highest BCUT2D eigenvalue weighted by molar-refractivity contribution is 6.42. The van der Waals surface area contributed by atoms with Gasteiger partial charge in [-0.3, -0.25) is 0 Å². The van der Waals surface area contributed by atoms with E-state index in [-0.39, 0.29) is 5.41 Å². The summed E-state index contributed by atoms with van der Waals surface area (Å²) < 4.78 is 13.6. The summed E-state index contributed by atoms with van der Waals surface area (Å²) >= 11 is 12.2. The lowest BCUT2D eigenvalue weighted by atomic mass is 9.72. The van der Waals surface area contributed by atoms with E-state index in [0.717, 1.165) is 38.9 Å². The summed E-state index contributed by atoms with van der Waals surface area (Å²) in [5.41, 5.74) is 0.0806. The largest absolute Gasteiger partial charge is 0.316 e. The first-order valence-electron chi connectivity index (χ1n) is 7.88. The topological polar surface area (TPSA) is 24.1 Å². The summed E-state index contributed by atoms with van der Waals surface area (Å²) in [4.78, 5) is 0. The van der Waals surface area contributed by atoms with Gasteiger partial charge in [-0.05, 0) is 63.9 Å². The van der Waals surface area contributed by atoms with Crippen LogP contribution in [0.2, 0.25) is 10.0 Å². The van der Waals surface area contributed by atoms with Gasteiger partial charge in [0.15, 0.2) is 0 Å². The van der Waals surface area contributed by atoms with Crippen LogP contribution in [0.1, 0.15) is 38.7 Å². The zero-order valence-electron chi connectivity index (χ0n) is 13.3. The molecule has 2 rings (SSSR count). The molecule has 0 spiro atoms. The van der Waals surface area contributed by atoms with Crippen molar-refractivity contribution in [3.05, 3.63) is 33.8 Å². The zero-order valence-corrected chi connectivity index (χ0v) is 14.8. The molecule has 1 aliphatic heterocycles. The van der Waals surface area contributed by atoms with Crippen molar-refractivity contribution in [3.8, 4) is 0 Å². The average molecular weight is 347 g/mol. The zero-order chi connectivity index (χ0) is 16.2. The van der Waals surface area contributed by atoms with Gasteiger partial charge in [-0.2, -0.15) is 0 Å². The molecule has 0 bridgehead atoms. The molecule has 2 nitrogen and oxygen atoms in total. The Bertz CT molecular complexity index is 494. The van der Waals surface area contributed by atoms with E-state index in [1.807, 2.05) is 12.1 Å². The highest BCUT2D eigenvalue weighted by Crippen LogP contribution is 2.37. The number of benzene rings is 1. The number of halogens is 3. The first kappa shape index (κ1) is 18.0. The lowest BCUT2D eigenvalue weighted by Gasteiger charge is -2.39. The Kier molecular flexibility index (Phi) is 6.12. The van der Waals surface area contributed by atoms with Crippen molar-refractivity contribution in [2.75, 3.05) is 26.2 Å². The van der Waals surface area contributed by atoms with Crippen molar-refractivity contribution >= 4 is 23.2 Å². The molecule has 1 fully saturated rings. The molecule has 1 atom stereocenters. The molecule has 124 valence electrons. The summed E-state index contributed by atoms with van der Waals surface area (Å²) in [6.07, 6.45) is 3.20. The fraction of sp³-hybridized carbons (Fsp3) is 0.647. The molecule has 5 heteroatoms. The molecule has 0 unspecified atom stereocenters. The number of nitrogens with one attached hydrogen (secondary N) is 2. The van der Waals surface area contributed by atoms with E-state index in [2.05, 4.69) is 16.7 Å². The summed E-state index contributed by atoms with van der Waals surface area (Å²) in [6.45, 7) is 6.32. The third kappa shape index (κ3) is 4.82. The van der Waals surface area contributed by atoms with Gasteiger partial charge in [-0.15, -0.1) is 0 Å². The maximum Gasteiger partial charge on any atom is 0.117 e. The maximum atomic E-state index is 13.6. The molecule has 1 heterocycles. The Morgan fingerprint density at radius 3 is 2.68 bits per heavy atom. The Morgan fingerprint density at radius 1 is 1.32 bits per heavy atom. The highest BCUT2D eigenvalue weighted by atomic mass is 35.5. The second kappa shape index (κ2) is 7.48. The van der Waals surface area contributed by atoms with Gasteiger partial charge in [0.05, 0.1) is 10.0 Å². The van der Waals surface area contributed by atoms with Crippen molar-refractivity contribution in [2.24, 2.45) is 0 Å². The SMILES string of the molecule is CC(C)(F)CNCC[C@]1(c2ccc(Cl)c(Cl)c2)CCCNC1. The summed E-state index contributed by atoms with van der Waals surface area (Å²) in [7, 11) is 0. The maximum absolute atomic E-state index is 13.6. The third-order valence-electron chi connectivity index (χ3n) is 4.33. The molecule has 0 amide bonds. The molecule has 0 saturated carbocycles. The molecule has 0 aliphatic carbocycles. The van der Waals surface area contributed by atoms with Crippen LogP contribution in [0.5, 0.6) is 0 Å². The Morgan fingerprint density at radius 2 is 2.09 bits per heavy atom. The van der Waals surface area contributed by atoms with E-state index in [0.29, 0.717) is 16.6 Å². The Hall–Kier alpha value is -0.350. The molecule has 1 aromatic carbocycles. The van der Waals surface area contributed by atoms with E-state index in [1.54, 1.807) is 13.8 Å². The smallest absolute Gasteiger partial charge is 0.117 e. The average Bonchev–Trinajstić information content (AvgIpc) is 2.46. The molecule has 1 aliphatic rings. The fourth-order valence-corrected chi connectivity index (χ4v) is 3.41. The van der Waals surface area contributed by atoms with Crippen molar-refractivity contribution in [3.63, 3.8) is 0 Å². The molecular weight excluding hydrogens is 322 g/mol. The normalized spacial score (nSPS) is 22.8. The summed E-state index contributed by atoms with van der Waals surface area (Å²) in [5.74, 6) is 0. The fourth-order valence-electron chi connectivity index (χ4n) is 3.11. The summed E-state index contributed by atoms with van der Waals surface area (Å²) in [6, 6.07) is 5.92. The van der Waals surface area contributed by atoms with Crippen LogP contribution in [0, 0.1) is 0 Å². The first-order chi connectivity index (χ1) is 10.3. The van der Waals surface area contributed by atoms with E-state index >= 15 is 0 Å². The number of hydrogen-bond acceptors (Lipinski definition) is 2. The van der Waals surface area contributed by atoms with Gasteiger partial charge in [0.2, 0.25) is 0 Å². The lowest BCUT2D eigenvalue weighted by molar-refractivity contribution is 0.205. The standard InChI is InChI=1S/C17H25Cl2FN2/c1-16(2,20)11-22-9-7-17(6-3-8-21-12-17)13-4-5-14(18)15(19)10-13/h4-5,10,21-22H,3,6-9,11-12H2,1-2H3/t17-/m1/s1. The predicted molar refractivity (Wildman–Crippen MR) is 92.9 cm³/mol.